The average molecular weight is 418 g/mol. The summed E-state index contributed by atoms with van der Waals surface area (Å²) in [6.45, 7) is 3.94. The fraction of sp³-hybridized carbons (Fsp3) is 0.462. The first-order valence-electron chi connectivity index (χ1n) is 11.3. The van der Waals surface area contributed by atoms with Crippen LogP contribution in [0.25, 0.3) is 0 Å². The van der Waals surface area contributed by atoms with Crippen molar-refractivity contribution in [2.24, 2.45) is 5.92 Å². The maximum absolute atomic E-state index is 13.3. The normalized spacial score (nSPS) is 17.2. The highest BCUT2D eigenvalue weighted by molar-refractivity contribution is 5.94. The summed E-state index contributed by atoms with van der Waals surface area (Å²) < 4.78 is 5.24. The van der Waals surface area contributed by atoms with E-state index in [0.29, 0.717) is 17.0 Å². The second-order valence-corrected chi connectivity index (χ2v) is 8.76. The van der Waals surface area contributed by atoms with Crippen LogP contribution in [0.5, 0.6) is 5.75 Å². The molecule has 0 spiro atoms. The number of methoxy groups -OCH3 is 1. The molecule has 4 rings (SSSR count). The highest BCUT2D eigenvalue weighted by Crippen LogP contribution is 2.32. The van der Waals surface area contributed by atoms with Gasteiger partial charge in [-0.05, 0) is 73.9 Å². The van der Waals surface area contributed by atoms with E-state index in [-0.39, 0.29) is 11.9 Å². The highest BCUT2D eigenvalue weighted by Gasteiger charge is 2.33. The molecule has 2 aliphatic rings. The molecule has 1 saturated heterocycles. The summed E-state index contributed by atoms with van der Waals surface area (Å²) in [5.41, 5.74) is 2.51. The molecular formula is C26H31N3O2. The van der Waals surface area contributed by atoms with E-state index in [2.05, 4.69) is 28.0 Å². The van der Waals surface area contributed by atoms with Crippen molar-refractivity contribution < 1.29 is 9.53 Å². The first kappa shape index (κ1) is 21.4. The van der Waals surface area contributed by atoms with Crippen LogP contribution in [0.1, 0.15) is 47.2 Å². The predicted octanol–water partition coefficient (Wildman–Crippen LogP) is 4.13. The summed E-state index contributed by atoms with van der Waals surface area (Å²) in [7, 11) is 1.69. The van der Waals surface area contributed by atoms with Crippen LogP contribution >= 0.6 is 0 Å². The number of likely N-dealkylation sites (tertiary alicyclic amines) is 1. The molecule has 0 N–H and O–H groups in total. The molecule has 1 saturated carbocycles. The quantitative estimate of drug-likeness (QED) is 0.648. The zero-order chi connectivity index (χ0) is 21.6. The molecule has 2 fully saturated rings. The molecule has 1 amide bonds. The summed E-state index contributed by atoms with van der Waals surface area (Å²) in [6, 6.07) is 17.9. The van der Waals surface area contributed by atoms with E-state index in [9.17, 15) is 10.1 Å². The summed E-state index contributed by atoms with van der Waals surface area (Å²) in [6.07, 6.45) is 5.50. The van der Waals surface area contributed by atoms with Gasteiger partial charge in [0.25, 0.3) is 5.91 Å². The fourth-order valence-corrected chi connectivity index (χ4v) is 4.40. The van der Waals surface area contributed by atoms with Gasteiger partial charge in [-0.3, -0.25) is 4.79 Å². The summed E-state index contributed by atoms with van der Waals surface area (Å²) in [5, 5.41) is 9.19. The lowest BCUT2D eigenvalue weighted by atomic mass is 10.00. The van der Waals surface area contributed by atoms with Crippen molar-refractivity contribution in [3.63, 3.8) is 0 Å². The maximum Gasteiger partial charge on any atom is 0.254 e. The molecule has 162 valence electrons. The van der Waals surface area contributed by atoms with Gasteiger partial charge < -0.3 is 14.5 Å². The van der Waals surface area contributed by atoms with E-state index in [0.717, 1.165) is 51.2 Å². The van der Waals surface area contributed by atoms with Crippen molar-refractivity contribution in [3.05, 3.63) is 65.2 Å². The summed E-state index contributed by atoms with van der Waals surface area (Å²) in [5.74, 6) is 1.63. The number of carbonyl (C=O) groups is 1. The Bertz CT molecular complexity index is 922. The van der Waals surface area contributed by atoms with Crippen LogP contribution in [0.2, 0.25) is 0 Å². The van der Waals surface area contributed by atoms with E-state index in [1.807, 2.05) is 24.3 Å². The minimum absolute atomic E-state index is 0.0840. The molecule has 1 aliphatic heterocycles. The number of hydrogen-bond acceptors (Lipinski definition) is 4. The second-order valence-electron chi connectivity index (χ2n) is 8.76. The third kappa shape index (κ3) is 5.65. The van der Waals surface area contributed by atoms with E-state index in [4.69, 9.17) is 4.74 Å². The Morgan fingerprint density at radius 2 is 1.87 bits per heavy atom. The number of ether oxygens (including phenoxy) is 1. The topological polar surface area (TPSA) is 56.6 Å². The van der Waals surface area contributed by atoms with Gasteiger partial charge in [0.1, 0.15) is 5.75 Å². The lowest BCUT2D eigenvalue weighted by Gasteiger charge is -2.39. The molecule has 5 nitrogen and oxygen atoms in total. The first-order valence-corrected chi connectivity index (χ1v) is 11.3. The van der Waals surface area contributed by atoms with Crippen LogP contribution in [0, 0.1) is 17.2 Å². The van der Waals surface area contributed by atoms with Crippen molar-refractivity contribution in [3.8, 4) is 11.8 Å². The molecular weight excluding hydrogens is 386 g/mol. The molecule has 1 heterocycles. The Kier molecular flexibility index (Phi) is 6.89. The highest BCUT2D eigenvalue weighted by atomic mass is 16.5. The van der Waals surface area contributed by atoms with E-state index < -0.39 is 0 Å². The predicted molar refractivity (Wildman–Crippen MR) is 121 cm³/mol. The van der Waals surface area contributed by atoms with Crippen LogP contribution in [0.15, 0.2) is 48.5 Å². The summed E-state index contributed by atoms with van der Waals surface area (Å²) in [4.78, 5) is 17.9. The van der Waals surface area contributed by atoms with E-state index in [1.165, 1.54) is 18.4 Å². The fourth-order valence-electron chi connectivity index (χ4n) is 4.40. The Hall–Kier alpha value is -2.84. The number of amides is 1. The molecule has 0 radical (unpaired) electrons. The van der Waals surface area contributed by atoms with Gasteiger partial charge in [0.2, 0.25) is 0 Å². The van der Waals surface area contributed by atoms with Crippen LogP contribution in [-0.4, -0.2) is 55.0 Å². The van der Waals surface area contributed by atoms with Crippen molar-refractivity contribution >= 4 is 5.91 Å². The zero-order valence-corrected chi connectivity index (χ0v) is 18.3. The van der Waals surface area contributed by atoms with Crippen LogP contribution in [0.4, 0.5) is 0 Å². The molecule has 1 aliphatic carbocycles. The average Bonchev–Trinajstić information content (AvgIpc) is 3.66. The van der Waals surface area contributed by atoms with Crippen molar-refractivity contribution in [1.82, 2.24) is 9.80 Å². The lowest BCUT2D eigenvalue weighted by molar-refractivity contribution is 0.0560. The lowest BCUT2D eigenvalue weighted by Crippen LogP contribution is -2.48. The smallest absolute Gasteiger partial charge is 0.254 e. The van der Waals surface area contributed by atoms with Gasteiger partial charge in [-0.15, -0.1) is 0 Å². The van der Waals surface area contributed by atoms with Gasteiger partial charge in [0, 0.05) is 37.8 Å². The third-order valence-corrected chi connectivity index (χ3v) is 6.52. The van der Waals surface area contributed by atoms with Crippen molar-refractivity contribution in [2.75, 3.05) is 33.3 Å². The van der Waals surface area contributed by atoms with Gasteiger partial charge in [0.05, 0.1) is 18.7 Å². The van der Waals surface area contributed by atoms with Gasteiger partial charge in [0.15, 0.2) is 0 Å². The summed E-state index contributed by atoms with van der Waals surface area (Å²) >= 11 is 0. The second kappa shape index (κ2) is 9.98. The number of carbonyl (C=O) groups excluding carboxylic acids is 1. The third-order valence-electron chi connectivity index (χ3n) is 6.52. The molecule has 2 aromatic rings. The van der Waals surface area contributed by atoms with Crippen molar-refractivity contribution in [2.45, 2.75) is 38.1 Å². The molecule has 5 heteroatoms. The molecule has 2 aromatic carbocycles. The standard InChI is InChI=1S/C26H31N3O2/c1-31-25-9-7-20(8-10-25)11-14-28-15-12-24(13-16-28)29(19-21-5-6-21)26(30)23-4-2-3-22(17-23)18-27/h2-4,7-10,17,21,24H,5-6,11-16,19H2,1H3. The Morgan fingerprint density at radius 3 is 2.52 bits per heavy atom. The maximum atomic E-state index is 13.3. The zero-order valence-electron chi connectivity index (χ0n) is 18.3. The first-order chi connectivity index (χ1) is 15.2. The van der Waals surface area contributed by atoms with Gasteiger partial charge in [-0.2, -0.15) is 5.26 Å². The van der Waals surface area contributed by atoms with E-state index >= 15 is 0 Å². The van der Waals surface area contributed by atoms with Gasteiger partial charge in [-0.1, -0.05) is 18.2 Å². The molecule has 0 unspecified atom stereocenters. The van der Waals surface area contributed by atoms with Crippen LogP contribution < -0.4 is 4.74 Å². The Balaban J connectivity index is 1.34. The molecule has 0 bridgehead atoms. The SMILES string of the molecule is COc1ccc(CCN2CCC(N(CC3CC3)C(=O)c3cccc(C#N)c3)CC2)cc1. The van der Waals surface area contributed by atoms with Gasteiger partial charge in [-0.25, -0.2) is 0 Å². The largest absolute Gasteiger partial charge is 0.497 e. The molecule has 0 aromatic heterocycles. The van der Waals surface area contributed by atoms with E-state index in [1.54, 1.807) is 19.2 Å². The number of rotatable bonds is 8. The monoisotopic (exact) mass is 417 g/mol. The van der Waals surface area contributed by atoms with Crippen LogP contribution in [-0.2, 0) is 6.42 Å². The van der Waals surface area contributed by atoms with Crippen molar-refractivity contribution in [1.29, 1.82) is 5.26 Å². The number of nitrogens with zero attached hydrogens (tertiary/aromatic N) is 3. The Morgan fingerprint density at radius 1 is 1.13 bits per heavy atom. The van der Waals surface area contributed by atoms with Crippen LogP contribution in [0.3, 0.4) is 0 Å². The Labute approximate surface area is 185 Å². The molecule has 0 atom stereocenters. The number of nitriles is 1. The molecule has 31 heavy (non-hydrogen) atoms. The number of hydrogen-bond donors (Lipinski definition) is 0. The number of benzene rings is 2. The minimum atomic E-state index is 0.0840. The minimum Gasteiger partial charge on any atom is -0.497 e. The number of piperidine rings is 1. The van der Waals surface area contributed by atoms with Gasteiger partial charge >= 0.3 is 0 Å².